The van der Waals surface area contributed by atoms with Gasteiger partial charge in [0.15, 0.2) is 0 Å². The molecule has 144 valence electrons. The Labute approximate surface area is 121 Å². The highest BCUT2D eigenvalue weighted by atomic mass is 19.4. The monoisotopic (exact) mass is 396 g/mol. The number of rotatable bonds is 5. The summed E-state index contributed by atoms with van der Waals surface area (Å²) in [5.74, 6) is -41.2. The molecule has 1 unspecified atom stereocenters. The van der Waals surface area contributed by atoms with Crippen molar-refractivity contribution < 1.29 is 71.4 Å². The Hall–Kier alpha value is -1.51. The summed E-state index contributed by atoms with van der Waals surface area (Å²) in [6, 6.07) is 0. The molecule has 0 aliphatic carbocycles. The minimum atomic E-state index is -8.11. The first kappa shape index (κ1) is 22.5. The van der Waals surface area contributed by atoms with E-state index in [9.17, 15) is 66.3 Å². The first-order valence-electron chi connectivity index (χ1n) is 4.94. The van der Waals surface area contributed by atoms with Gasteiger partial charge < -0.3 is 5.11 Å². The van der Waals surface area contributed by atoms with E-state index in [0.29, 0.717) is 0 Å². The summed E-state index contributed by atoms with van der Waals surface area (Å²) in [4.78, 5) is 10.0. The molecule has 0 saturated heterocycles. The third-order valence-electron chi connectivity index (χ3n) is 2.50. The lowest BCUT2D eigenvalue weighted by molar-refractivity contribution is -0.432. The van der Waals surface area contributed by atoms with Gasteiger partial charge in [-0.15, -0.1) is 0 Å². The van der Waals surface area contributed by atoms with Crippen LogP contribution in [-0.2, 0) is 4.79 Å². The van der Waals surface area contributed by atoms with Gasteiger partial charge in [0.2, 0.25) is 5.92 Å². The van der Waals surface area contributed by atoms with Crippen LogP contribution in [0.25, 0.3) is 0 Å². The number of aliphatic carboxylic acids is 1. The third kappa shape index (κ3) is 3.05. The molecule has 0 fully saturated rings. The molecule has 2 nitrogen and oxygen atoms in total. The summed E-state index contributed by atoms with van der Waals surface area (Å²) < 4.78 is 173. The highest BCUT2D eigenvalue weighted by molar-refractivity contribution is 5.72. The van der Waals surface area contributed by atoms with Crippen LogP contribution >= 0.6 is 0 Å². The normalized spacial score (nSPS) is 16.9. The number of carboxylic acids is 1. The van der Waals surface area contributed by atoms with E-state index in [1.54, 1.807) is 0 Å². The van der Waals surface area contributed by atoms with Gasteiger partial charge in [0.05, 0.1) is 0 Å². The van der Waals surface area contributed by atoms with Crippen molar-refractivity contribution in [3.8, 4) is 0 Å². The third-order valence-corrected chi connectivity index (χ3v) is 2.50. The largest absolute Gasteiger partial charge is 0.481 e. The summed E-state index contributed by atoms with van der Waals surface area (Å²) in [6.45, 7) is 0. The highest BCUT2D eigenvalue weighted by Gasteiger charge is 2.89. The van der Waals surface area contributed by atoms with Gasteiger partial charge >= 0.3 is 42.0 Å². The van der Waals surface area contributed by atoms with Crippen molar-refractivity contribution in [2.75, 3.05) is 0 Å². The maximum atomic E-state index is 13.0. The smallest absolute Gasteiger partial charge is 0.460 e. The molecule has 0 saturated carbocycles. The molecular formula is C8H2F14O2. The lowest BCUT2D eigenvalue weighted by atomic mass is 9.88. The zero-order valence-corrected chi connectivity index (χ0v) is 10.2. The van der Waals surface area contributed by atoms with Gasteiger partial charge in [-0.1, -0.05) is 0 Å². The van der Waals surface area contributed by atoms with E-state index >= 15 is 0 Å². The van der Waals surface area contributed by atoms with Gasteiger partial charge in [-0.2, -0.15) is 61.5 Å². The summed E-state index contributed by atoms with van der Waals surface area (Å²) in [5, 5.41) is 7.85. The molecule has 0 aliphatic heterocycles. The van der Waals surface area contributed by atoms with Crippen molar-refractivity contribution >= 4 is 5.97 Å². The fourth-order valence-corrected chi connectivity index (χ4v) is 1.27. The van der Waals surface area contributed by atoms with Gasteiger partial charge in [0.25, 0.3) is 0 Å². The minimum Gasteiger partial charge on any atom is -0.481 e. The van der Waals surface area contributed by atoms with Crippen molar-refractivity contribution in [2.24, 2.45) is 5.92 Å². The predicted octanol–water partition coefficient (Wildman–Crippen LogP) is 4.35. The molecule has 1 N–H and O–H groups in total. The predicted molar refractivity (Wildman–Crippen MR) is 43.0 cm³/mol. The second kappa shape index (κ2) is 5.50. The van der Waals surface area contributed by atoms with Crippen molar-refractivity contribution in [2.45, 2.75) is 36.0 Å². The van der Waals surface area contributed by atoms with Crippen LogP contribution in [0.4, 0.5) is 61.5 Å². The lowest BCUT2D eigenvalue weighted by Gasteiger charge is -2.39. The molecule has 0 heterocycles. The zero-order chi connectivity index (χ0) is 20.2. The van der Waals surface area contributed by atoms with Crippen LogP contribution in [0.15, 0.2) is 0 Å². The van der Waals surface area contributed by atoms with E-state index in [4.69, 9.17) is 5.11 Å². The Kier molecular flexibility index (Phi) is 5.16. The molecule has 16 heteroatoms. The molecule has 24 heavy (non-hydrogen) atoms. The SMILES string of the molecule is O=C(O)C(C(F)(F)F)C(F)(F)C(F)(F)C(F)(F)C(F)(F)C(F)(F)F. The quantitative estimate of drug-likeness (QED) is 0.702. The standard InChI is InChI=1S/C8H2F14O2/c9-3(10,1(2(23)24)4(11,12)13)5(14,15)6(16,17)7(18,19)8(20,21)22/h1H,(H,23,24). The Balaban J connectivity index is 6.44. The van der Waals surface area contributed by atoms with Crippen molar-refractivity contribution in [1.29, 1.82) is 0 Å². The molecule has 0 amide bonds. The molecule has 0 aromatic heterocycles. The summed E-state index contributed by atoms with van der Waals surface area (Å²) >= 11 is 0. The maximum absolute atomic E-state index is 13.0. The molecule has 0 bridgehead atoms. The Bertz CT molecular complexity index is 486. The van der Waals surface area contributed by atoms with Crippen LogP contribution in [-0.4, -0.2) is 47.1 Å². The second-order valence-electron chi connectivity index (χ2n) is 4.16. The number of carboxylic acid groups (broad SMARTS) is 1. The van der Waals surface area contributed by atoms with Crippen molar-refractivity contribution in [3.63, 3.8) is 0 Å². The Morgan fingerprint density at radius 2 is 0.958 bits per heavy atom. The van der Waals surface area contributed by atoms with Gasteiger partial charge in [-0.05, 0) is 0 Å². The first-order chi connectivity index (χ1) is 10.1. The van der Waals surface area contributed by atoms with E-state index in [2.05, 4.69) is 0 Å². The molecule has 0 spiro atoms. The maximum Gasteiger partial charge on any atom is 0.460 e. The fraction of sp³-hybridized carbons (Fsp3) is 0.875. The topological polar surface area (TPSA) is 37.3 Å². The van der Waals surface area contributed by atoms with Crippen molar-refractivity contribution in [3.05, 3.63) is 0 Å². The van der Waals surface area contributed by atoms with E-state index in [-0.39, 0.29) is 0 Å². The summed E-state index contributed by atoms with van der Waals surface area (Å²) in [6.07, 6.45) is -14.4. The zero-order valence-electron chi connectivity index (χ0n) is 10.2. The number of hydrogen-bond acceptors (Lipinski definition) is 1. The van der Waals surface area contributed by atoms with Gasteiger partial charge in [-0.25, -0.2) is 0 Å². The first-order valence-corrected chi connectivity index (χ1v) is 4.94. The highest BCUT2D eigenvalue weighted by Crippen LogP contribution is 2.60. The molecule has 0 aromatic carbocycles. The van der Waals surface area contributed by atoms with E-state index in [1.165, 1.54) is 0 Å². The van der Waals surface area contributed by atoms with Crippen LogP contribution in [0.5, 0.6) is 0 Å². The average Bonchev–Trinajstić information content (AvgIpc) is 2.22. The van der Waals surface area contributed by atoms with Crippen LogP contribution in [0, 0.1) is 5.92 Å². The summed E-state index contributed by atoms with van der Waals surface area (Å²) in [5.41, 5.74) is 0. The molecule has 0 radical (unpaired) electrons. The molecule has 1 atom stereocenters. The Morgan fingerprint density at radius 3 is 1.17 bits per heavy atom. The molecule has 0 aromatic rings. The fourth-order valence-electron chi connectivity index (χ4n) is 1.27. The van der Waals surface area contributed by atoms with Gasteiger partial charge in [0.1, 0.15) is 0 Å². The summed E-state index contributed by atoms with van der Waals surface area (Å²) in [7, 11) is 0. The number of hydrogen-bond donors (Lipinski definition) is 1. The number of alkyl halides is 14. The van der Waals surface area contributed by atoms with E-state index in [0.717, 1.165) is 0 Å². The van der Waals surface area contributed by atoms with Gasteiger partial charge in [-0.3, -0.25) is 4.79 Å². The lowest BCUT2D eigenvalue weighted by Crippen LogP contribution is -2.69. The molecule has 0 aliphatic rings. The second-order valence-corrected chi connectivity index (χ2v) is 4.16. The van der Waals surface area contributed by atoms with E-state index in [1.807, 2.05) is 0 Å². The van der Waals surface area contributed by atoms with Crippen LogP contribution in [0.1, 0.15) is 0 Å². The minimum absolute atomic E-state index is 3.90. The van der Waals surface area contributed by atoms with E-state index < -0.39 is 47.9 Å². The Morgan fingerprint density at radius 1 is 0.625 bits per heavy atom. The van der Waals surface area contributed by atoms with Crippen LogP contribution < -0.4 is 0 Å². The van der Waals surface area contributed by atoms with Crippen molar-refractivity contribution in [1.82, 2.24) is 0 Å². The molecular weight excluding hydrogens is 394 g/mol. The van der Waals surface area contributed by atoms with Crippen LogP contribution in [0.3, 0.4) is 0 Å². The number of carbonyl (C=O) groups is 1. The molecule has 0 rings (SSSR count). The number of halogens is 14. The van der Waals surface area contributed by atoms with Crippen LogP contribution in [0.2, 0.25) is 0 Å². The average molecular weight is 396 g/mol. The van der Waals surface area contributed by atoms with Gasteiger partial charge in [0, 0.05) is 0 Å².